The van der Waals surface area contributed by atoms with Gasteiger partial charge in [0, 0.05) is 5.75 Å². The van der Waals surface area contributed by atoms with E-state index < -0.39 is 0 Å². The van der Waals surface area contributed by atoms with Gasteiger partial charge in [-0.05, 0) is 17.0 Å². The van der Waals surface area contributed by atoms with Gasteiger partial charge in [0.1, 0.15) is 4.88 Å². The van der Waals surface area contributed by atoms with E-state index in [1.165, 1.54) is 18.4 Å². The van der Waals surface area contributed by atoms with E-state index in [-0.39, 0.29) is 5.97 Å². The smallest absolute Gasteiger partial charge is 0.348 e. The van der Waals surface area contributed by atoms with Crippen LogP contribution < -0.4 is 0 Å². The van der Waals surface area contributed by atoms with E-state index in [9.17, 15) is 4.79 Å². The summed E-state index contributed by atoms with van der Waals surface area (Å²) >= 11 is 5.46. The van der Waals surface area contributed by atoms with Crippen molar-refractivity contribution in [3.05, 3.63) is 21.9 Å². The number of carbonyl (C=O) groups excluding carboxylic acids is 1. The molecular weight excluding hydrogens is 180 g/mol. The second-order valence-corrected chi connectivity index (χ2v) is 3.16. The van der Waals surface area contributed by atoms with Crippen LogP contribution in [0.5, 0.6) is 0 Å². The quantitative estimate of drug-likeness (QED) is 0.567. The maximum atomic E-state index is 11.0. The third kappa shape index (κ3) is 1.75. The standard InChI is InChI=1S/C7H8O2S2/c1-9-7(8)6-5(4-10)2-3-11-6/h2-3,10H,4H2,1H3. The first-order valence-corrected chi connectivity index (χ1v) is 4.56. The molecule has 1 heterocycles. The summed E-state index contributed by atoms with van der Waals surface area (Å²) in [5.41, 5.74) is 0.935. The number of thiol groups is 1. The Morgan fingerprint density at radius 3 is 3.09 bits per heavy atom. The van der Waals surface area contributed by atoms with Crippen molar-refractivity contribution in [3.63, 3.8) is 0 Å². The summed E-state index contributed by atoms with van der Waals surface area (Å²) in [5, 5.41) is 1.86. The Bertz CT molecular complexity index is 255. The number of esters is 1. The van der Waals surface area contributed by atoms with Crippen molar-refractivity contribution in [2.24, 2.45) is 0 Å². The molecule has 60 valence electrons. The molecule has 0 aliphatic rings. The SMILES string of the molecule is COC(=O)c1sccc1CS. The predicted molar refractivity (Wildman–Crippen MR) is 48.3 cm³/mol. The molecular formula is C7H8O2S2. The molecule has 0 aliphatic carbocycles. The van der Waals surface area contributed by atoms with E-state index in [2.05, 4.69) is 17.4 Å². The molecule has 4 heteroatoms. The molecule has 0 aliphatic heterocycles. The minimum Gasteiger partial charge on any atom is -0.465 e. The van der Waals surface area contributed by atoms with Crippen LogP contribution in [-0.4, -0.2) is 13.1 Å². The maximum Gasteiger partial charge on any atom is 0.348 e. The summed E-state index contributed by atoms with van der Waals surface area (Å²) in [4.78, 5) is 11.7. The van der Waals surface area contributed by atoms with Gasteiger partial charge in [0.05, 0.1) is 7.11 Å². The molecule has 0 unspecified atom stereocenters. The Kier molecular flexibility index (Phi) is 2.96. The van der Waals surface area contributed by atoms with Gasteiger partial charge in [-0.2, -0.15) is 12.6 Å². The van der Waals surface area contributed by atoms with Crippen molar-refractivity contribution in [2.45, 2.75) is 5.75 Å². The Morgan fingerprint density at radius 2 is 2.55 bits per heavy atom. The van der Waals surface area contributed by atoms with Crippen molar-refractivity contribution in [3.8, 4) is 0 Å². The number of rotatable bonds is 2. The predicted octanol–water partition coefficient (Wildman–Crippen LogP) is 1.96. The van der Waals surface area contributed by atoms with Gasteiger partial charge in [-0.3, -0.25) is 0 Å². The van der Waals surface area contributed by atoms with Crippen LogP contribution in [0.1, 0.15) is 15.2 Å². The molecule has 0 aromatic carbocycles. The van der Waals surface area contributed by atoms with Gasteiger partial charge in [-0.15, -0.1) is 11.3 Å². The lowest BCUT2D eigenvalue weighted by molar-refractivity contribution is 0.0605. The highest BCUT2D eigenvalue weighted by Gasteiger charge is 2.11. The molecule has 0 N–H and O–H groups in total. The largest absolute Gasteiger partial charge is 0.465 e. The second kappa shape index (κ2) is 3.78. The summed E-state index contributed by atoms with van der Waals surface area (Å²) in [7, 11) is 1.38. The second-order valence-electron chi connectivity index (χ2n) is 1.92. The van der Waals surface area contributed by atoms with Gasteiger partial charge in [0.15, 0.2) is 0 Å². The van der Waals surface area contributed by atoms with E-state index in [0.29, 0.717) is 10.6 Å². The Balaban J connectivity index is 2.92. The van der Waals surface area contributed by atoms with Crippen molar-refractivity contribution < 1.29 is 9.53 Å². The number of hydrogen-bond acceptors (Lipinski definition) is 4. The maximum absolute atomic E-state index is 11.0. The fraction of sp³-hybridized carbons (Fsp3) is 0.286. The summed E-state index contributed by atoms with van der Waals surface area (Å²) in [5.74, 6) is 0.303. The summed E-state index contributed by atoms with van der Waals surface area (Å²) < 4.78 is 4.57. The van der Waals surface area contributed by atoms with Crippen molar-refractivity contribution in [1.82, 2.24) is 0 Å². The first kappa shape index (κ1) is 8.62. The van der Waals surface area contributed by atoms with Crippen LogP contribution in [0.15, 0.2) is 11.4 Å². The third-order valence-corrected chi connectivity index (χ3v) is 2.57. The molecule has 0 saturated heterocycles. The third-order valence-electron chi connectivity index (χ3n) is 1.29. The molecule has 0 amide bonds. The van der Waals surface area contributed by atoms with E-state index in [0.717, 1.165) is 5.56 Å². The summed E-state index contributed by atoms with van der Waals surface area (Å²) in [6, 6.07) is 1.88. The molecule has 1 aromatic rings. The van der Waals surface area contributed by atoms with E-state index in [1.807, 2.05) is 11.4 Å². The van der Waals surface area contributed by atoms with Crippen LogP contribution in [0.25, 0.3) is 0 Å². The molecule has 1 rings (SSSR count). The highest BCUT2D eigenvalue weighted by molar-refractivity contribution is 7.79. The monoisotopic (exact) mass is 188 g/mol. The highest BCUT2D eigenvalue weighted by Crippen LogP contribution is 2.18. The van der Waals surface area contributed by atoms with E-state index in [1.54, 1.807) is 0 Å². The first-order valence-electron chi connectivity index (χ1n) is 3.05. The Labute approximate surface area is 74.6 Å². The molecule has 0 bridgehead atoms. The number of carbonyl (C=O) groups is 1. The van der Waals surface area contributed by atoms with Gasteiger partial charge in [-0.25, -0.2) is 4.79 Å². The van der Waals surface area contributed by atoms with Crippen LogP contribution in [0.4, 0.5) is 0 Å². The van der Waals surface area contributed by atoms with Gasteiger partial charge in [-0.1, -0.05) is 0 Å². The van der Waals surface area contributed by atoms with E-state index >= 15 is 0 Å². The van der Waals surface area contributed by atoms with Gasteiger partial charge < -0.3 is 4.74 Å². The number of hydrogen-bond donors (Lipinski definition) is 1. The van der Waals surface area contributed by atoms with Crippen molar-refractivity contribution in [2.75, 3.05) is 7.11 Å². The zero-order valence-electron chi connectivity index (χ0n) is 6.03. The Hall–Kier alpha value is -0.480. The lowest BCUT2D eigenvalue weighted by Gasteiger charge is -1.96. The van der Waals surface area contributed by atoms with Crippen LogP contribution in [-0.2, 0) is 10.5 Å². The van der Waals surface area contributed by atoms with Gasteiger partial charge >= 0.3 is 5.97 Å². The average molecular weight is 188 g/mol. The van der Waals surface area contributed by atoms with Gasteiger partial charge in [0.25, 0.3) is 0 Å². The summed E-state index contributed by atoms with van der Waals surface area (Å²) in [6.45, 7) is 0. The Morgan fingerprint density at radius 1 is 1.82 bits per heavy atom. The van der Waals surface area contributed by atoms with Crippen LogP contribution in [0.3, 0.4) is 0 Å². The molecule has 2 nitrogen and oxygen atoms in total. The zero-order valence-corrected chi connectivity index (χ0v) is 7.74. The molecule has 0 saturated carbocycles. The minimum atomic E-state index is -0.274. The van der Waals surface area contributed by atoms with Crippen molar-refractivity contribution >= 4 is 29.9 Å². The minimum absolute atomic E-state index is 0.274. The molecule has 0 atom stereocenters. The average Bonchev–Trinajstić information content (AvgIpc) is 2.50. The number of ether oxygens (including phenoxy) is 1. The summed E-state index contributed by atoms with van der Waals surface area (Å²) in [6.07, 6.45) is 0. The molecule has 0 spiro atoms. The zero-order chi connectivity index (χ0) is 8.27. The molecule has 11 heavy (non-hydrogen) atoms. The normalized spacial score (nSPS) is 9.64. The molecule has 0 fully saturated rings. The topological polar surface area (TPSA) is 26.3 Å². The molecule has 0 radical (unpaired) electrons. The fourth-order valence-electron chi connectivity index (χ4n) is 0.732. The van der Waals surface area contributed by atoms with E-state index in [4.69, 9.17) is 0 Å². The van der Waals surface area contributed by atoms with Crippen molar-refractivity contribution in [1.29, 1.82) is 0 Å². The fourth-order valence-corrected chi connectivity index (χ4v) is 1.94. The lowest BCUT2D eigenvalue weighted by Crippen LogP contribution is -2.00. The number of thiophene rings is 1. The van der Waals surface area contributed by atoms with Gasteiger partial charge in [0.2, 0.25) is 0 Å². The highest BCUT2D eigenvalue weighted by atomic mass is 32.1. The number of methoxy groups -OCH3 is 1. The van der Waals surface area contributed by atoms with Crippen LogP contribution in [0.2, 0.25) is 0 Å². The molecule has 1 aromatic heterocycles. The first-order chi connectivity index (χ1) is 5.29. The van der Waals surface area contributed by atoms with Crippen LogP contribution in [0, 0.1) is 0 Å². The van der Waals surface area contributed by atoms with Crippen LogP contribution >= 0.6 is 24.0 Å². The lowest BCUT2D eigenvalue weighted by atomic mass is 10.3.